The van der Waals surface area contributed by atoms with Crippen LogP contribution in [-0.2, 0) is 4.79 Å². The van der Waals surface area contributed by atoms with Crippen LogP contribution in [0.5, 0.6) is 0 Å². The van der Waals surface area contributed by atoms with Crippen LogP contribution >= 0.6 is 0 Å². The van der Waals surface area contributed by atoms with Crippen molar-refractivity contribution in [3.05, 3.63) is 60.4 Å². The van der Waals surface area contributed by atoms with Gasteiger partial charge in [0.25, 0.3) is 0 Å². The fourth-order valence-corrected chi connectivity index (χ4v) is 1.75. The van der Waals surface area contributed by atoms with E-state index in [0.29, 0.717) is 0 Å². The SMILES string of the molecule is C[C@H](NC(=O)CNc1ccccc1)c1cccnc1. The van der Waals surface area contributed by atoms with Gasteiger partial charge in [-0.1, -0.05) is 24.3 Å². The minimum Gasteiger partial charge on any atom is -0.376 e. The molecular weight excluding hydrogens is 238 g/mol. The molecule has 0 aliphatic heterocycles. The molecule has 2 N–H and O–H groups in total. The minimum absolute atomic E-state index is 0.0415. The summed E-state index contributed by atoms with van der Waals surface area (Å²) in [6.45, 7) is 2.20. The number of carbonyl (C=O) groups excluding carboxylic acids is 1. The van der Waals surface area contributed by atoms with E-state index >= 15 is 0 Å². The van der Waals surface area contributed by atoms with E-state index in [1.54, 1.807) is 12.4 Å². The predicted molar refractivity (Wildman–Crippen MR) is 75.7 cm³/mol. The highest BCUT2D eigenvalue weighted by molar-refractivity contribution is 5.81. The zero-order valence-electron chi connectivity index (χ0n) is 10.8. The van der Waals surface area contributed by atoms with Crippen LogP contribution in [0.1, 0.15) is 18.5 Å². The van der Waals surface area contributed by atoms with Crippen LogP contribution in [-0.4, -0.2) is 17.4 Å². The van der Waals surface area contributed by atoms with Gasteiger partial charge in [-0.05, 0) is 30.7 Å². The third-order valence-electron chi connectivity index (χ3n) is 2.79. The summed E-state index contributed by atoms with van der Waals surface area (Å²) in [6, 6.07) is 13.4. The lowest BCUT2D eigenvalue weighted by atomic mass is 10.1. The van der Waals surface area contributed by atoms with Crippen LogP contribution in [0.25, 0.3) is 0 Å². The fourth-order valence-electron chi connectivity index (χ4n) is 1.75. The van der Waals surface area contributed by atoms with Crippen LogP contribution < -0.4 is 10.6 Å². The summed E-state index contributed by atoms with van der Waals surface area (Å²) in [5.41, 5.74) is 1.93. The number of para-hydroxylation sites is 1. The molecule has 0 fully saturated rings. The van der Waals surface area contributed by atoms with Crippen molar-refractivity contribution in [2.24, 2.45) is 0 Å². The molecule has 1 atom stereocenters. The Hall–Kier alpha value is -2.36. The van der Waals surface area contributed by atoms with Crippen molar-refractivity contribution in [3.8, 4) is 0 Å². The van der Waals surface area contributed by atoms with Crippen molar-refractivity contribution in [2.75, 3.05) is 11.9 Å². The topological polar surface area (TPSA) is 54.0 Å². The maximum Gasteiger partial charge on any atom is 0.239 e. The number of hydrogen-bond donors (Lipinski definition) is 2. The lowest BCUT2D eigenvalue weighted by Crippen LogP contribution is -2.32. The van der Waals surface area contributed by atoms with E-state index in [0.717, 1.165) is 11.3 Å². The zero-order chi connectivity index (χ0) is 13.5. The van der Waals surface area contributed by atoms with Gasteiger partial charge in [0.15, 0.2) is 0 Å². The van der Waals surface area contributed by atoms with E-state index in [1.807, 2.05) is 49.4 Å². The van der Waals surface area contributed by atoms with Gasteiger partial charge in [0, 0.05) is 18.1 Å². The first kappa shape index (κ1) is 13.1. The Labute approximate surface area is 112 Å². The first-order valence-corrected chi connectivity index (χ1v) is 6.24. The molecule has 4 heteroatoms. The second-order valence-electron chi connectivity index (χ2n) is 4.30. The molecule has 1 heterocycles. The van der Waals surface area contributed by atoms with Crippen molar-refractivity contribution in [1.29, 1.82) is 0 Å². The maximum atomic E-state index is 11.8. The van der Waals surface area contributed by atoms with Crippen LogP contribution in [0.3, 0.4) is 0 Å². The summed E-state index contributed by atoms with van der Waals surface area (Å²) in [4.78, 5) is 15.8. The van der Waals surface area contributed by atoms with Gasteiger partial charge in [-0.3, -0.25) is 9.78 Å². The van der Waals surface area contributed by atoms with Gasteiger partial charge in [0.05, 0.1) is 12.6 Å². The molecule has 2 rings (SSSR count). The van der Waals surface area contributed by atoms with E-state index in [4.69, 9.17) is 0 Å². The lowest BCUT2D eigenvalue weighted by Gasteiger charge is -2.14. The first-order valence-electron chi connectivity index (χ1n) is 6.24. The number of carbonyl (C=O) groups is 1. The highest BCUT2D eigenvalue weighted by Gasteiger charge is 2.08. The van der Waals surface area contributed by atoms with E-state index in [2.05, 4.69) is 15.6 Å². The minimum atomic E-state index is -0.0428. The summed E-state index contributed by atoms with van der Waals surface area (Å²) in [6.07, 6.45) is 3.48. The molecule has 0 unspecified atom stereocenters. The largest absolute Gasteiger partial charge is 0.376 e. The number of nitrogens with zero attached hydrogens (tertiary/aromatic N) is 1. The third-order valence-corrected chi connectivity index (χ3v) is 2.79. The molecule has 19 heavy (non-hydrogen) atoms. The third kappa shape index (κ3) is 4.10. The van der Waals surface area contributed by atoms with Crippen LogP contribution in [0, 0.1) is 0 Å². The van der Waals surface area contributed by atoms with Crippen molar-refractivity contribution >= 4 is 11.6 Å². The van der Waals surface area contributed by atoms with Gasteiger partial charge >= 0.3 is 0 Å². The molecule has 4 nitrogen and oxygen atoms in total. The predicted octanol–water partition coefficient (Wildman–Crippen LogP) is 2.37. The smallest absolute Gasteiger partial charge is 0.239 e. The van der Waals surface area contributed by atoms with Gasteiger partial charge in [-0.15, -0.1) is 0 Å². The van der Waals surface area contributed by atoms with Gasteiger partial charge in [-0.2, -0.15) is 0 Å². The Balaban J connectivity index is 1.82. The second-order valence-corrected chi connectivity index (χ2v) is 4.30. The monoisotopic (exact) mass is 255 g/mol. The van der Waals surface area contributed by atoms with Crippen molar-refractivity contribution < 1.29 is 4.79 Å². The highest BCUT2D eigenvalue weighted by Crippen LogP contribution is 2.09. The van der Waals surface area contributed by atoms with E-state index in [9.17, 15) is 4.79 Å². The zero-order valence-corrected chi connectivity index (χ0v) is 10.8. The Bertz CT molecular complexity index is 513. The normalized spacial score (nSPS) is 11.6. The van der Waals surface area contributed by atoms with E-state index in [1.165, 1.54) is 0 Å². The molecular formula is C15H17N3O. The van der Waals surface area contributed by atoms with Crippen LogP contribution in [0.15, 0.2) is 54.9 Å². The lowest BCUT2D eigenvalue weighted by molar-refractivity contribution is -0.120. The number of amides is 1. The number of benzene rings is 1. The number of pyridine rings is 1. The summed E-state index contributed by atoms with van der Waals surface area (Å²) in [5.74, 6) is -0.0415. The fraction of sp³-hybridized carbons (Fsp3) is 0.200. The summed E-state index contributed by atoms with van der Waals surface area (Å²) in [5, 5.41) is 6.00. The molecule has 1 aromatic carbocycles. The first-order chi connectivity index (χ1) is 9.25. The number of anilines is 1. The molecule has 1 amide bonds. The standard InChI is InChI=1S/C15H17N3O/c1-12(13-6-5-9-16-10-13)18-15(19)11-17-14-7-3-2-4-8-14/h2-10,12,17H,11H2,1H3,(H,18,19)/t12-/m0/s1. The summed E-state index contributed by atoms with van der Waals surface area (Å²) in [7, 11) is 0. The van der Waals surface area contributed by atoms with Crippen molar-refractivity contribution in [2.45, 2.75) is 13.0 Å². The number of rotatable bonds is 5. The average molecular weight is 255 g/mol. The van der Waals surface area contributed by atoms with Crippen LogP contribution in [0.4, 0.5) is 5.69 Å². The number of aromatic nitrogens is 1. The van der Waals surface area contributed by atoms with Gasteiger partial charge in [0.2, 0.25) is 5.91 Å². The van der Waals surface area contributed by atoms with E-state index < -0.39 is 0 Å². The molecule has 0 saturated heterocycles. The molecule has 0 saturated carbocycles. The Morgan fingerprint density at radius 1 is 1.21 bits per heavy atom. The average Bonchev–Trinajstić information content (AvgIpc) is 2.47. The molecule has 1 aromatic heterocycles. The maximum absolute atomic E-state index is 11.8. The van der Waals surface area contributed by atoms with E-state index in [-0.39, 0.29) is 18.5 Å². The molecule has 0 aliphatic rings. The quantitative estimate of drug-likeness (QED) is 0.862. The summed E-state index contributed by atoms with van der Waals surface area (Å²) >= 11 is 0. The highest BCUT2D eigenvalue weighted by atomic mass is 16.1. The second kappa shape index (κ2) is 6.54. The molecule has 0 spiro atoms. The Morgan fingerprint density at radius 3 is 2.68 bits per heavy atom. The molecule has 0 aliphatic carbocycles. The van der Waals surface area contributed by atoms with Crippen LogP contribution in [0.2, 0.25) is 0 Å². The summed E-state index contributed by atoms with van der Waals surface area (Å²) < 4.78 is 0. The Kier molecular flexibility index (Phi) is 4.50. The Morgan fingerprint density at radius 2 is 2.00 bits per heavy atom. The number of nitrogens with one attached hydrogen (secondary N) is 2. The molecule has 0 radical (unpaired) electrons. The molecule has 0 bridgehead atoms. The van der Waals surface area contributed by atoms with Crippen molar-refractivity contribution in [3.63, 3.8) is 0 Å². The number of hydrogen-bond acceptors (Lipinski definition) is 3. The van der Waals surface area contributed by atoms with Gasteiger partial charge in [-0.25, -0.2) is 0 Å². The van der Waals surface area contributed by atoms with Gasteiger partial charge in [0.1, 0.15) is 0 Å². The molecule has 2 aromatic rings. The van der Waals surface area contributed by atoms with Crippen molar-refractivity contribution in [1.82, 2.24) is 10.3 Å². The molecule has 98 valence electrons. The van der Waals surface area contributed by atoms with Gasteiger partial charge < -0.3 is 10.6 Å².